The number of amides is 2. The van der Waals surface area contributed by atoms with Gasteiger partial charge in [-0.25, -0.2) is 5.01 Å². The lowest BCUT2D eigenvalue weighted by atomic mass is 10.2. The third kappa shape index (κ3) is 2.40. The second-order valence-corrected chi connectivity index (χ2v) is 4.85. The number of phenolic OH excluding ortho intramolecular Hbond substituents is 1. The van der Waals surface area contributed by atoms with Gasteiger partial charge in [0.05, 0.1) is 11.3 Å². The van der Waals surface area contributed by atoms with Gasteiger partial charge in [-0.15, -0.1) is 0 Å². The van der Waals surface area contributed by atoms with E-state index >= 15 is 0 Å². The van der Waals surface area contributed by atoms with Gasteiger partial charge in [0, 0.05) is 0 Å². The number of thioether (sulfide) groups is 1. The molecule has 0 radical (unpaired) electrons. The summed E-state index contributed by atoms with van der Waals surface area (Å²) in [7, 11) is 0. The summed E-state index contributed by atoms with van der Waals surface area (Å²) in [5.41, 5.74) is 2.46. The molecule has 17 heavy (non-hydrogen) atoms. The summed E-state index contributed by atoms with van der Waals surface area (Å²) in [6.07, 6.45) is 0. The molecule has 1 aliphatic heterocycles. The van der Waals surface area contributed by atoms with Gasteiger partial charge in [0.15, 0.2) is 4.32 Å². The first kappa shape index (κ1) is 11.9. The Hall–Kier alpha value is -1.60. The predicted molar refractivity (Wildman–Crippen MR) is 67.5 cm³/mol. The Labute approximate surface area is 107 Å². The molecular weight excluding hydrogens is 260 g/mol. The summed E-state index contributed by atoms with van der Waals surface area (Å²) in [6, 6.07) is 6.08. The number of thiocarbonyl (C=S) groups is 1. The molecule has 5 nitrogen and oxygen atoms in total. The summed E-state index contributed by atoms with van der Waals surface area (Å²) >= 11 is 6.10. The van der Waals surface area contributed by atoms with Crippen molar-refractivity contribution < 1.29 is 14.7 Å². The van der Waals surface area contributed by atoms with Gasteiger partial charge in [0.1, 0.15) is 5.75 Å². The Balaban J connectivity index is 2.15. The molecule has 1 heterocycles. The lowest BCUT2D eigenvalue weighted by Crippen LogP contribution is -2.45. The Morgan fingerprint density at radius 1 is 1.47 bits per heavy atom. The van der Waals surface area contributed by atoms with Crippen LogP contribution in [-0.2, 0) is 4.79 Å². The molecule has 0 saturated carbocycles. The minimum absolute atomic E-state index is 0.0972. The summed E-state index contributed by atoms with van der Waals surface area (Å²) in [5, 5.41) is 10.5. The minimum atomic E-state index is -0.568. The molecule has 0 atom stereocenters. The molecule has 0 spiro atoms. The van der Waals surface area contributed by atoms with Crippen LogP contribution < -0.4 is 5.43 Å². The molecule has 0 aliphatic carbocycles. The number of benzene rings is 1. The molecule has 1 aromatic carbocycles. The first-order chi connectivity index (χ1) is 8.09. The maximum atomic E-state index is 11.8. The topological polar surface area (TPSA) is 69.6 Å². The van der Waals surface area contributed by atoms with Crippen LogP contribution in [0, 0.1) is 0 Å². The standard InChI is InChI=1S/C10H8N2O3S2/c13-7-4-2-1-3-6(7)9(15)11-12-8(14)5-17-10(12)16/h1-4,13H,5H2,(H,11,15). The largest absolute Gasteiger partial charge is 0.507 e. The molecule has 1 aliphatic rings. The lowest BCUT2D eigenvalue weighted by molar-refractivity contribution is -0.125. The zero-order valence-electron chi connectivity index (χ0n) is 8.54. The van der Waals surface area contributed by atoms with Gasteiger partial charge in [0.2, 0.25) is 0 Å². The van der Waals surface area contributed by atoms with Crippen molar-refractivity contribution in [2.45, 2.75) is 0 Å². The monoisotopic (exact) mass is 268 g/mol. The molecule has 88 valence electrons. The van der Waals surface area contributed by atoms with Gasteiger partial charge in [0.25, 0.3) is 11.8 Å². The molecular formula is C10H8N2O3S2. The van der Waals surface area contributed by atoms with Gasteiger partial charge in [-0.05, 0) is 12.1 Å². The average molecular weight is 268 g/mol. The molecule has 2 amide bonds. The molecule has 0 unspecified atom stereocenters. The molecule has 1 aromatic rings. The highest BCUT2D eigenvalue weighted by Gasteiger charge is 2.29. The Morgan fingerprint density at radius 2 is 2.18 bits per heavy atom. The van der Waals surface area contributed by atoms with Crippen molar-refractivity contribution >= 4 is 40.1 Å². The van der Waals surface area contributed by atoms with Crippen molar-refractivity contribution in [3.8, 4) is 5.75 Å². The van der Waals surface area contributed by atoms with E-state index in [1.165, 1.54) is 23.9 Å². The van der Waals surface area contributed by atoms with Crippen molar-refractivity contribution in [2.75, 3.05) is 5.75 Å². The summed E-state index contributed by atoms with van der Waals surface area (Å²) in [4.78, 5) is 23.2. The highest BCUT2D eigenvalue weighted by atomic mass is 32.2. The zero-order valence-corrected chi connectivity index (χ0v) is 10.2. The third-order valence-electron chi connectivity index (χ3n) is 2.11. The number of carbonyl (C=O) groups is 2. The number of hydrazine groups is 1. The van der Waals surface area contributed by atoms with Gasteiger partial charge >= 0.3 is 0 Å². The third-order valence-corrected chi connectivity index (χ3v) is 3.47. The normalized spacial score (nSPS) is 15.2. The van der Waals surface area contributed by atoms with Crippen LogP contribution in [0.15, 0.2) is 24.3 Å². The second-order valence-electron chi connectivity index (χ2n) is 3.24. The maximum Gasteiger partial charge on any atom is 0.273 e. The van der Waals surface area contributed by atoms with Gasteiger partial charge in [-0.2, -0.15) is 0 Å². The predicted octanol–water partition coefficient (Wildman–Crippen LogP) is 0.897. The van der Waals surface area contributed by atoms with Crippen molar-refractivity contribution in [3.63, 3.8) is 0 Å². The van der Waals surface area contributed by atoms with Crippen LogP contribution in [0.2, 0.25) is 0 Å². The van der Waals surface area contributed by atoms with Gasteiger partial charge in [-0.1, -0.05) is 36.1 Å². The van der Waals surface area contributed by atoms with Crippen molar-refractivity contribution in [3.05, 3.63) is 29.8 Å². The fourth-order valence-corrected chi connectivity index (χ4v) is 2.27. The van der Waals surface area contributed by atoms with E-state index in [0.29, 0.717) is 4.32 Å². The number of phenols is 1. The second kappa shape index (κ2) is 4.72. The first-order valence-electron chi connectivity index (χ1n) is 4.68. The first-order valence-corrected chi connectivity index (χ1v) is 6.07. The molecule has 0 bridgehead atoms. The summed E-state index contributed by atoms with van der Waals surface area (Å²) in [5.74, 6) is -0.764. The van der Waals surface area contributed by atoms with E-state index < -0.39 is 5.91 Å². The number of aromatic hydroxyl groups is 1. The minimum Gasteiger partial charge on any atom is -0.507 e. The molecule has 2 N–H and O–H groups in total. The van der Waals surface area contributed by atoms with Crippen molar-refractivity contribution in [1.82, 2.24) is 10.4 Å². The Morgan fingerprint density at radius 3 is 2.76 bits per heavy atom. The van der Waals surface area contributed by atoms with Crippen LogP contribution in [0.25, 0.3) is 0 Å². The van der Waals surface area contributed by atoms with E-state index in [0.717, 1.165) is 5.01 Å². The van der Waals surface area contributed by atoms with Gasteiger partial charge in [-0.3, -0.25) is 15.0 Å². The molecule has 1 saturated heterocycles. The zero-order chi connectivity index (χ0) is 12.4. The highest BCUT2D eigenvalue weighted by molar-refractivity contribution is 8.23. The van der Waals surface area contributed by atoms with E-state index in [-0.39, 0.29) is 23.0 Å². The molecule has 2 rings (SSSR count). The Bertz CT molecular complexity index is 488. The van der Waals surface area contributed by atoms with E-state index in [1.54, 1.807) is 12.1 Å². The quantitative estimate of drug-likeness (QED) is 0.780. The number of nitrogens with one attached hydrogen (secondary N) is 1. The van der Waals surface area contributed by atoms with E-state index in [1.807, 2.05) is 0 Å². The number of rotatable bonds is 2. The smallest absolute Gasteiger partial charge is 0.273 e. The van der Waals surface area contributed by atoms with Crippen LogP contribution in [0.3, 0.4) is 0 Å². The van der Waals surface area contributed by atoms with Crippen LogP contribution >= 0.6 is 24.0 Å². The highest BCUT2D eigenvalue weighted by Crippen LogP contribution is 2.19. The average Bonchev–Trinajstić information content (AvgIpc) is 2.61. The SMILES string of the molecule is O=C(NN1C(=O)CSC1=S)c1ccccc1O. The number of para-hydroxylation sites is 1. The summed E-state index contributed by atoms with van der Waals surface area (Å²) in [6.45, 7) is 0. The van der Waals surface area contributed by atoms with Crippen molar-refractivity contribution in [2.24, 2.45) is 0 Å². The van der Waals surface area contributed by atoms with E-state index in [4.69, 9.17) is 12.2 Å². The van der Waals surface area contributed by atoms with E-state index in [9.17, 15) is 14.7 Å². The van der Waals surface area contributed by atoms with Crippen molar-refractivity contribution in [1.29, 1.82) is 0 Å². The van der Waals surface area contributed by atoms with Gasteiger partial charge < -0.3 is 5.11 Å². The van der Waals surface area contributed by atoms with E-state index in [2.05, 4.69) is 5.43 Å². The van der Waals surface area contributed by atoms with Crippen LogP contribution in [-0.4, -0.2) is 32.0 Å². The Kier molecular flexibility index (Phi) is 3.30. The number of carbonyl (C=O) groups excluding carboxylic acids is 2. The molecule has 7 heteroatoms. The lowest BCUT2D eigenvalue weighted by Gasteiger charge is -2.16. The van der Waals surface area contributed by atoms with Crippen LogP contribution in [0.5, 0.6) is 5.75 Å². The molecule has 0 aromatic heterocycles. The molecule has 1 fully saturated rings. The van der Waals surface area contributed by atoms with Crippen LogP contribution in [0.1, 0.15) is 10.4 Å². The number of nitrogens with zero attached hydrogens (tertiary/aromatic N) is 1. The summed E-state index contributed by atoms with van der Waals surface area (Å²) < 4.78 is 0.304. The van der Waals surface area contributed by atoms with Crippen LogP contribution in [0.4, 0.5) is 0 Å². The number of hydrogen-bond acceptors (Lipinski definition) is 5. The fraction of sp³-hybridized carbons (Fsp3) is 0.100. The number of hydrogen-bond donors (Lipinski definition) is 2. The fourth-order valence-electron chi connectivity index (χ4n) is 1.29. The maximum absolute atomic E-state index is 11.8.